The molecule has 3 heteroatoms. The van der Waals surface area contributed by atoms with Gasteiger partial charge in [0, 0.05) is 5.56 Å². The van der Waals surface area contributed by atoms with Gasteiger partial charge < -0.3 is 0 Å². The fourth-order valence-electron chi connectivity index (χ4n) is 0.739. The molecule has 0 heterocycles. The van der Waals surface area contributed by atoms with Gasteiger partial charge >= 0.3 is 5.97 Å². The molecule has 0 aliphatic carbocycles. The van der Waals surface area contributed by atoms with Crippen molar-refractivity contribution in [2.24, 2.45) is 0 Å². The Hall–Kier alpha value is -1.64. The van der Waals surface area contributed by atoms with Crippen LogP contribution in [0.5, 0.6) is 0 Å². The predicted molar refractivity (Wildman–Crippen MR) is 36.8 cm³/mol. The van der Waals surface area contributed by atoms with Crippen LogP contribution in [0.25, 0.3) is 0 Å². The average molecular weight is 149 g/mol. The third-order valence-electron chi connectivity index (χ3n) is 1.26. The standard InChI is InChI=1S/C8H5O3/c9-5-6-2-1-3-7(4-6)8(10)11/h1-5H. The molecular formula is C8H5O3. The molecule has 0 saturated carbocycles. The van der Waals surface area contributed by atoms with Crippen LogP contribution < -0.4 is 0 Å². The Labute approximate surface area is 63.3 Å². The number of carbonyl (C=O) groups excluding carboxylic acids is 2. The monoisotopic (exact) mass is 149 g/mol. The summed E-state index contributed by atoms with van der Waals surface area (Å²) < 4.78 is 0. The Kier molecular flexibility index (Phi) is 2.01. The lowest BCUT2D eigenvalue weighted by atomic mass is 10.1. The van der Waals surface area contributed by atoms with Crippen molar-refractivity contribution < 1.29 is 14.7 Å². The van der Waals surface area contributed by atoms with Gasteiger partial charge in [-0.1, -0.05) is 12.1 Å². The Morgan fingerprint density at radius 2 is 2.09 bits per heavy atom. The van der Waals surface area contributed by atoms with Crippen molar-refractivity contribution in [2.75, 3.05) is 0 Å². The van der Waals surface area contributed by atoms with Gasteiger partial charge in [0.05, 0.1) is 5.56 Å². The van der Waals surface area contributed by atoms with Crippen molar-refractivity contribution in [3.05, 3.63) is 35.4 Å². The zero-order chi connectivity index (χ0) is 8.27. The molecule has 3 nitrogen and oxygen atoms in total. The minimum atomic E-state index is -1.27. The number of carbonyl (C=O) groups is 2. The van der Waals surface area contributed by atoms with Crippen LogP contribution in [0.2, 0.25) is 0 Å². The van der Waals surface area contributed by atoms with Crippen LogP contribution in [-0.4, -0.2) is 12.3 Å². The maximum Gasteiger partial charge on any atom is 0.386 e. The topological polar surface area (TPSA) is 54.0 Å². The van der Waals surface area contributed by atoms with Crippen molar-refractivity contribution in [2.45, 2.75) is 0 Å². The van der Waals surface area contributed by atoms with Gasteiger partial charge in [0.25, 0.3) is 0 Å². The highest BCUT2D eigenvalue weighted by atomic mass is 16.4. The Bertz CT molecular complexity index is 291. The van der Waals surface area contributed by atoms with Gasteiger partial charge in [-0.2, -0.15) is 0 Å². The third kappa shape index (κ3) is 1.64. The van der Waals surface area contributed by atoms with Gasteiger partial charge in [-0.15, -0.1) is 0 Å². The maximum absolute atomic E-state index is 10.2. The van der Waals surface area contributed by atoms with E-state index in [1.165, 1.54) is 24.3 Å². The first-order valence-corrected chi connectivity index (χ1v) is 3.00. The number of benzene rings is 1. The molecule has 1 rings (SSSR count). The molecule has 0 bridgehead atoms. The molecule has 0 unspecified atom stereocenters. The van der Waals surface area contributed by atoms with Crippen molar-refractivity contribution in [1.29, 1.82) is 0 Å². The van der Waals surface area contributed by atoms with E-state index in [0.717, 1.165) is 0 Å². The summed E-state index contributed by atoms with van der Waals surface area (Å²) in [5.74, 6) is -1.27. The fourth-order valence-corrected chi connectivity index (χ4v) is 0.739. The van der Waals surface area contributed by atoms with Crippen LogP contribution in [0, 0.1) is 0 Å². The molecule has 55 valence electrons. The third-order valence-corrected chi connectivity index (χ3v) is 1.26. The molecule has 0 aliphatic rings. The van der Waals surface area contributed by atoms with Gasteiger partial charge in [0.2, 0.25) is 0 Å². The Morgan fingerprint density at radius 1 is 1.36 bits per heavy atom. The van der Waals surface area contributed by atoms with E-state index in [-0.39, 0.29) is 5.56 Å². The van der Waals surface area contributed by atoms with Gasteiger partial charge in [-0.3, -0.25) is 4.79 Å². The average Bonchev–Trinajstić information content (AvgIpc) is 2.05. The van der Waals surface area contributed by atoms with Crippen LogP contribution >= 0.6 is 0 Å². The summed E-state index contributed by atoms with van der Waals surface area (Å²) in [5, 5.41) is 10.2. The molecule has 1 aromatic rings. The van der Waals surface area contributed by atoms with E-state index in [0.29, 0.717) is 11.8 Å². The molecule has 0 amide bonds. The smallest absolute Gasteiger partial charge is 0.298 e. The lowest BCUT2D eigenvalue weighted by Crippen LogP contribution is -1.94. The zero-order valence-electron chi connectivity index (χ0n) is 5.61. The van der Waals surface area contributed by atoms with Crippen molar-refractivity contribution in [1.82, 2.24) is 0 Å². The first-order valence-electron chi connectivity index (χ1n) is 3.00. The largest absolute Gasteiger partial charge is 0.386 e. The summed E-state index contributed by atoms with van der Waals surface area (Å²) in [6.45, 7) is 0. The van der Waals surface area contributed by atoms with E-state index in [1.807, 2.05) is 0 Å². The molecule has 0 atom stereocenters. The minimum Gasteiger partial charge on any atom is -0.298 e. The van der Waals surface area contributed by atoms with Gasteiger partial charge in [-0.05, 0) is 12.1 Å². The van der Waals surface area contributed by atoms with Gasteiger partial charge in [-0.25, -0.2) is 9.90 Å². The van der Waals surface area contributed by atoms with Crippen LogP contribution in [0.15, 0.2) is 24.3 Å². The molecule has 0 fully saturated rings. The lowest BCUT2D eigenvalue weighted by Gasteiger charge is -1.91. The summed E-state index contributed by atoms with van der Waals surface area (Å²) in [7, 11) is 0. The van der Waals surface area contributed by atoms with E-state index >= 15 is 0 Å². The molecule has 0 saturated heterocycles. The zero-order valence-corrected chi connectivity index (χ0v) is 5.61. The minimum absolute atomic E-state index is 0.0228. The predicted octanol–water partition coefficient (Wildman–Crippen LogP) is 1.07. The SMILES string of the molecule is [O]C(=O)c1cccc(C=O)c1. The molecule has 11 heavy (non-hydrogen) atoms. The number of hydrogen-bond acceptors (Lipinski definition) is 2. The molecule has 0 aromatic heterocycles. The van der Waals surface area contributed by atoms with Crippen LogP contribution in [0.4, 0.5) is 0 Å². The van der Waals surface area contributed by atoms with Crippen molar-refractivity contribution in [3.63, 3.8) is 0 Å². The second-order valence-electron chi connectivity index (χ2n) is 2.03. The van der Waals surface area contributed by atoms with Crippen molar-refractivity contribution >= 4 is 12.3 Å². The molecule has 0 spiro atoms. The number of hydrogen-bond donors (Lipinski definition) is 0. The summed E-state index contributed by atoms with van der Waals surface area (Å²) >= 11 is 0. The summed E-state index contributed by atoms with van der Waals surface area (Å²) in [6.07, 6.45) is 0.590. The fraction of sp³-hybridized carbons (Fsp3) is 0. The van der Waals surface area contributed by atoms with Crippen LogP contribution in [-0.2, 0) is 5.11 Å². The first-order chi connectivity index (χ1) is 5.24. The molecule has 1 aromatic carbocycles. The Balaban J connectivity index is 3.10. The number of aldehydes is 1. The second-order valence-corrected chi connectivity index (χ2v) is 2.03. The number of rotatable bonds is 2. The van der Waals surface area contributed by atoms with E-state index < -0.39 is 5.97 Å². The molecule has 0 N–H and O–H groups in total. The molecule has 1 radical (unpaired) electrons. The summed E-state index contributed by atoms with van der Waals surface area (Å²) in [6, 6.07) is 5.67. The highest BCUT2D eigenvalue weighted by Crippen LogP contribution is 2.02. The van der Waals surface area contributed by atoms with E-state index in [2.05, 4.69) is 0 Å². The highest BCUT2D eigenvalue weighted by Gasteiger charge is 2.03. The maximum atomic E-state index is 10.2. The quantitative estimate of drug-likeness (QED) is 0.590. The van der Waals surface area contributed by atoms with Crippen LogP contribution in [0.3, 0.4) is 0 Å². The normalized spacial score (nSPS) is 9.09. The van der Waals surface area contributed by atoms with Gasteiger partial charge in [0.15, 0.2) is 0 Å². The van der Waals surface area contributed by atoms with E-state index in [9.17, 15) is 14.7 Å². The highest BCUT2D eigenvalue weighted by molar-refractivity contribution is 5.89. The second kappa shape index (κ2) is 2.96. The van der Waals surface area contributed by atoms with E-state index in [1.54, 1.807) is 0 Å². The van der Waals surface area contributed by atoms with Crippen molar-refractivity contribution in [3.8, 4) is 0 Å². The first kappa shape index (κ1) is 7.47. The summed E-state index contributed by atoms with van der Waals surface area (Å²) in [5.41, 5.74) is 0.362. The van der Waals surface area contributed by atoms with Gasteiger partial charge in [0.1, 0.15) is 6.29 Å². The Morgan fingerprint density at radius 3 is 2.64 bits per heavy atom. The van der Waals surface area contributed by atoms with Crippen LogP contribution in [0.1, 0.15) is 20.7 Å². The molecule has 0 aliphatic heterocycles. The molecular weight excluding hydrogens is 144 g/mol. The lowest BCUT2D eigenvalue weighted by molar-refractivity contribution is 0.0573. The van der Waals surface area contributed by atoms with E-state index in [4.69, 9.17) is 0 Å². The summed E-state index contributed by atoms with van der Waals surface area (Å²) in [4.78, 5) is 20.4.